The van der Waals surface area contributed by atoms with Crippen LogP contribution >= 0.6 is 23.4 Å². The summed E-state index contributed by atoms with van der Waals surface area (Å²) >= 11 is 7.33. The van der Waals surface area contributed by atoms with Crippen molar-refractivity contribution in [1.29, 1.82) is 0 Å². The predicted molar refractivity (Wildman–Crippen MR) is 108 cm³/mol. The second kappa shape index (κ2) is 6.81. The van der Waals surface area contributed by atoms with Crippen molar-refractivity contribution in [3.05, 3.63) is 75.9 Å². The topological polar surface area (TPSA) is 89.6 Å². The molecule has 9 heteroatoms. The number of aromatic amines is 1. The second-order valence-electron chi connectivity index (χ2n) is 6.02. The molecule has 0 atom stereocenters. The Bertz CT molecular complexity index is 1360. The Morgan fingerprint density at radius 3 is 2.86 bits per heavy atom. The van der Waals surface area contributed by atoms with Crippen LogP contribution in [0.3, 0.4) is 0 Å². The maximum atomic E-state index is 12.4. The van der Waals surface area contributed by atoms with Crippen LogP contribution in [0.2, 0.25) is 5.02 Å². The Morgan fingerprint density at radius 2 is 2.00 bits per heavy atom. The number of para-hydroxylation sites is 1. The molecular formula is C19H12ClN5O2S. The number of aromatic nitrogens is 5. The smallest absolute Gasteiger partial charge is 0.262 e. The van der Waals surface area contributed by atoms with Gasteiger partial charge in [-0.3, -0.25) is 4.79 Å². The minimum absolute atomic E-state index is 0.230. The lowest BCUT2D eigenvalue weighted by Gasteiger charge is -2.03. The fourth-order valence-electron chi connectivity index (χ4n) is 2.86. The van der Waals surface area contributed by atoms with Crippen LogP contribution in [0.4, 0.5) is 0 Å². The monoisotopic (exact) mass is 409 g/mol. The van der Waals surface area contributed by atoms with Crippen LogP contribution in [0.15, 0.2) is 69.2 Å². The molecule has 3 aromatic heterocycles. The van der Waals surface area contributed by atoms with Gasteiger partial charge in [0.05, 0.1) is 17.6 Å². The molecule has 0 unspecified atom stereocenters. The molecule has 0 bridgehead atoms. The molecule has 0 aliphatic rings. The third kappa shape index (κ3) is 3.06. The van der Waals surface area contributed by atoms with Crippen LogP contribution in [-0.4, -0.2) is 24.7 Å². The van der Waals surface area contributed by atoms with Crippen LogP contribution in [0.25, 0.3) is 27.8 Å². The number of thioether (sulfide) groups is 1. The predicted octanol–water partition coefficient (Wildman–Crippen LogP) is 4.20. The van der Waals surface area contributed by atoms with Crippen LogP contribution < -0.4 is 5.56 Å². The molecule has 0 radical (unpaired) electrons. The molecule has 5 rings (SSSR count). The number of hydrogen-bond acceptors (Lipinski definition) is 6. The first kappa shape index (κ1) is 17.0. The number of nitrogens with zero attached hydrogens (tertiary/aromatic N) is 4. The highest BCUT2D eigenvalue weighted by Crippen LogP contribution is 2.27. The fourth-order valence-corrected chi connectivity index (χ4v) is 3.74. The van der Waals surface area contributed by atoms with Gasteiger partial charge >= 0.3 is 0 Å². The number of hydrogen-bond donors (Lipinski definition) is 1. The molecular weight excluding hydrogens is 398 g/mol. The summed E-state index contributed by atoms with van der Waals surface area (Å²) in [7, 11) is 0. The summed E-state index contributed by atoms with van der Waals surface area (Å²) < 4.78 is 7.35. The van der Waals surface area contributed by atoms with Crippen molar-refractivity contribution in [3.8, 4) is 5.69 Å². The van der Waals surface area contributed by atoms with E-state index in [1.807, 2.05) is 30.3 Å². The number of nitrogens with one attached hydrogen (secondary N) is 1. The maximum Gasteiger partial charge on any atom is 0.262 e. The average molecular weight is 410 g/mol. The van der Waals surface area contributed by atoms with E-state index in [2.05, 4.69) is 20.1 Å². The highest BCUT2D eigenvalue weighted by Gasteiger charge is 2.13. The molecule has 0 aliphatic carbocycles. The summed E-state index contributed by atoms with van der Waals surface area (Å²) in [6.07, 6.45) is 1.52. The van der Waals surface area contributed by atoms with Crippen molar-refractivity contribution in [1.82, 2.24) is 24.7 Å². The van der Waals surface area contributed by atoms with Crippen LogP contribution in [0.1, 0.15) is 5.82 Å². The van der Waals surface area contributed by atoms with E-state index in [9.17, 15) is 4.79 Å². The number of oxazole rings is 1. The highest BCUT2D eigenvalue weighted by molar-refractivity contribution is 7.98. The largest absolute Gasteiger partial charge is 0.431 e. The van der Waals surface area contributed by atoms with E-state index in [1.54, 1.807) is 22.9 Å². The molecule has 0 aliphatic heterocycles. The lowest BCUT2D eigenvalue weighted by atomic mass is 10.3. The van der Waals surface area contributed by atoms with E-state index >= 15 is 0 Å². The van der Waals surface area contributed by atoms with Crippen LogP contribution in [0, 0.1) is 0 Å². The summed E-state index contributed by atoms with van der Waals surface area (Å²) in [5.41, 5.74) is 2.46. The molecule has 2 aromatic carbocycles. The lowest BCUT2D eigenvalue weighted by molar-refractivity contribution is 0.489. The summed E-state index contributed by atoms with van der Waals surface area (Å²) in [5.74, 6) is 0.909. The molecule has 0 saturated carbocycles. The summed E-state index contributed by atoms with van der Waals surface area (Å²) in [5, 5.41) is 5.83. The van der Waals surface area contributed by atoms with Gasteiger partial charge in [-0.2, -0.15) is 5.10 Å². The van der Waals surface area contributed by atoms with Crippen molar-refractivity contribution in [3.63, 3.8) is 0 Å². The number of fused-ring (bicyclic) bond motifs is 2. The molecule has 138 valence electrons. The van der Waals surface area contributed by atoms with E-state index in [-0.39, 0.29) is 5.56 Å². The van der Waals surface area contributed by atoms with Gasteiger partial charge in [0, 0.05) is 5.02 Å². The zero-order valence-electron chi connectivity index (χ0n) is 14.3. The quantitative estimate of drug-likeness (QED) is 0.447. The molecule has 0 saturated heterocycles. The first-order valence-electron chi connectivity index (χ1n) is 8.38. The fraction of sp³-hybridized carbons (Fsp3) is 0.0526. The first-order chi connectivity index (χ1) is 13.7. The van der Waals surface area contributed by atoms with Crippen molar-refractivity contribution < 1.29 is 4.42 Å². The minimum Gasteiger partial charge on any atom is -0.431 e. The zero-order chi connectivity index (χ0) is 19.1. The molecule has 1 N–H and O–H groups in total. The number of halogens is 1. The third-order valence-corrected chi connectivity index (χ3v) is 5.22. The van der Waals surface area contributed by atoms with Gasteiger partial charge in [0.1, 0.15) is 16.7 Å². The molecule has 3 heterocycles. The SMILES string of the molecule is O=c1[nH]c(CSc2nc3cc(Cl)ccc3o2)nc2c1cnn2-c1ccccc1. The van der Waals surface area contributed by atoms with Gasteiger partial charge in [-0.1, -0.05) is 41.6 Å². The molecule has 0 spiro atoms. The van der Waals surface area contributed by atoms with Crippen molar-refractivity contribution >= 4 is 45.5 Å². The van der Waals surface area contributed by atoms with E-state index in [1.165, 1.54) is 18.0 Å². The normalized spacial score (nSPS) is 11.5. The molecule has 0 fully saturated rings. The second-order valence-corrected chi connectivity index (χ2v) is 7.39. The maximum absolute atomic E-state index is 12.4. The number of H-pyrrole nitrogens is 1. The first-order valence-corrected chi connectivity index (χ1v) is 9.75. The third-order valence-electron chi connectivity index (χ3n) is 4.15. The minimum atomic E-state index is -0.230. The molecule has 5 aromatic rings. The van der Waals surface area contributed by atoms with E-state index in [4.69, 9.17) is 16.0 Å². The Labute approximate surface area is 167 Å². The number of benzene rings is 2. The average Bonchev–Trinajstić information content (AvgIpc) is 3.30. The van der Waals surface area contributed by atoms with Crippen molar-refractivity contribution in [2.45, 2.75) is 11.0 Å². The Morgan fingerprint density at radius 1 is 1.14 bits per heavy atom. The summed E-state index contributed by atoms with van der Waals surface area (Å²) in [4.78, 5) is 24.2. The van der Waals surface area contributed by atoms with Gasteiger partial charge < -0.3 is 9.40 Å². The van der Waals surface area contributed by atoms with Gasteiger partial charge in [-0.25, -0.2) is 14.6 Å². The lowest BCUT2D eigenvalue weighted by Crippen LogP contribution is -2.11. The molecule has 28 heavy (non-hydrogen) atoms. The van der Waals surface area contributed by atoms with E-state index in [0.717, 1.165) is 5.69 Å². The van der Waals surface area contributed by atoms with Crippen LogP contribution in [0.5, 0.6) is 0 Å². The summed E-state index contributed by atoms with van der Waals surface area (Å²) in [6.45, 7) is 0. The van der Waals surface area contributed by atoms with Crippen molar-refractivity contribution in [2.24, 2.45) is 0 Å². The Balaban J connectivity index is 1.47. The van der Waals surface area contributed by atoms with E-state index in [0.29, 0.717) is 44.0 Å². The van der Waals surface area contributed by atoms with Gasteiger partial charge in [-0.05, 0) is 30.3 Å². The Hall–Kier alpha value is -3.10. The van der Waals surface area contributed by atoms with Gasteiger partial charge in [0.25, 0.3) is 10.8 Å². The van der Waals surface area contributed by atoms with Gasteiger partial charge in [-0.15, -0.1) is 0 Å². The highest BCUT2D eigenvalue weighted by atomic mass is 35.5. The number of rotatable bonds is 4. The molecule has 7 nitrogen and oxygen atoms in total. The van der Waals surface area contributed by atoms with Crippen molar-refractivity contribution in [2.75, 3.05) is 0 Å². The Kier molecular flexibility index (Phi) is 4.14. The summed E-state index contributed by atoms with van der Waals surface area (Å²) in [6, 6.07) is 14.8. The zero-order valence-corrected chi connectivity index (χ0v) is 15.9. The van der Waals surface area contributed by atoms with Crippen LogP contribution in [-0.2, 0) is 5.75 Å². The van der Waals surface area contributed by atoms with E-state index < -0.39 is 0 Å². The van der Waals surface area contributed by atoms with Gasteiger partial charge in [0.15, 0.2) is 11.2 Å². The van der Waals surface area contributed by atoms with Gasteiger partial charge in [0.2, 0.25) is 0 Å². The molecule has 0 amide bonds. The standard InChI is InChI=1S/C19H12ClN5O2S/c20-11-6-7-15-14(8-11)22-19(27-15)28-10-16-23-17-13(18(26)24-16)9-21-25(17)12-4-2-1-3-5-12/h1-9H,10H2,(H,23,24,26).